The fourth-order valence-corrected chi connectivity index (χ4v) is 2.14. The molecule has 16 heavy (non-hydrogen) atoms. The van der Waals surface area contributed by atoms with Crippen molar-refractivity contribution in [1.29, 1.82) is 0 Å². The summed E-state index contributed by atoms with van der Waals surface area (Å²) in [5.74, 6) is 2.13. The number of nitrogens with one attached hydrogen (secondary N) is 1. The maximum atomic E-state index is 9.85. The highest BCUT2D eigenvalue weighted by molar-refractivity contribution is 5.37. The molecular formula is C14H21NO. The van der Waals surface area contributed by atoms with Gasteiger partial charge in [-0.2, -0.15) is 0 Å². The lowest BCUT2D eigenvalue weighted by Gasteiger charge is -2.15. The predicted molar refractivity (Wildman–Crippen MR) is 66.5 cm³/mol. The van der Waals surface area contributed by atoms with Crippen LogP contribution in [0.25, 0.3) is 0 Å². The summed E-state index contributed by atoms with van der Waals surface area (Å²) in [6, 6.07) is 6.12. The molecule has 0 radical (unpaired) electrons. The van der Waals surface area contributed by atoms with Gasteiger partial charge in [0.1, 0.15) is 5.75 Å². The minimum atomic E-state index is 0.230. The SMILES string of the molecule is Cc1ccc(C(C)NCC2CC2C)c(O)c1. The monoisotopic (exact) mass is 219 g/mol. The number of hydrogen-bond donors (Lipinski definition) is 2. The van der Waals surface area contributed by atoms with E-state index in [1.165, 1.54) is 6.42 Å². The molecule has 1 aromatic carbocycles. The first-order valence-corrected chi connectivity index (χ1v) is 6.11. The van der Waals surface area contributed by atoms with Crippen LogP contribution in [0.3, 0.4) is 0 Å². The summed E-state index contributed by atoms with van der Waals surface area (Å²) in [4.78, 5) is 0. The Labute approximate surface area is 97.7 Å². The second kappa shape index (κ2) is 4.46. The Kier molecular flexibility index (Phi) is 3.20. The molecule has 0 bridgehead atoms. The van der Waals surface area contributed by atoms with Crippen molar-refractivity contribution in [2.45, 2.75) is 33.2 Å². The van der Waals surface area contributed by atoms with Gasteiger partial charge in [-0.1, -0.05) is 19.1 Å². The molecule has 1 fully saturated rings. The summed E-state index contributed by atoms with van der Waals surface area (Å²) >= 11 is 0. The normalized spacial score (nSPS) is 25.4. The number of rotatable bonds is 4. The molecule has 0 amide bonds. The Morgan fingerprint density at radius 3 is 2.75 bits per heavy atom. The molecule has 1 saturated carbocycles. The molecule has 3 atom stereocenters. The van der Waals surface area contributed by atoms with Crippen LogP contribution in [-0.2, 0) is 0 Å². The summed E-state index contributed by atoms with van der Waals surface area (Å²) in [5, 5.41) is 13.3. The third-order valence-electron chi connectivity index (χ3n) is 3.61. The second-order valence-electron chi connectivity index (χ2n) is 5.17. The average molecular weight is 219 g/mol. The van der Waals surface area contributed by atoms with E-state index in [-0.39, 0.29) is 6.04 Å². The van der Waals surface area contributed by atoms with Crippen molar-refractivity contribution >= 4 is 0 Å². The van der Waals surface area contributed by atoms with Crippen LogP contribution >= 0.6 is 0 Å². The van der Waals surface area contributed by atoms with Gasteiger partial charge in [0.25, 0.3) is 0 Å². The summed E-state index contributed by atoms with van der Waals surface area (Å²) in [6.07, 6.45) is 1.35. The van der Waals surface area contributed by atoms with E-state index in [1.54, 1.807) is 0 Å². The number of phenolic OH excluding ortho intramolecular Hbond substituents is 1. The molecule has 3 unspecified atom stereocenters. The number of hydrogen-bond acceptors (Lipinski definition) is 2. The van der Waals surface area contributed by atoms with E-state index in [4.69, 9.17) is 0 Å². The van der Waals surface area contributed by atoms with E-state index in [0.717, 1.165) is 29.5 Å². The van der Waals surface area contributed by atoms with Gasteiger partial charge in [-0.15, -0.1) is 0 Å². The third-order valence-corrected chi connectivity index (χ3v) is 3.61. The molecule has 1 aliphatic rings. The smallest absolute Gasteiger partial charge is 0.120 e. The molecule has 0 aromatic heterocycles. The van der Waals surface area contributed by atoms with Crippen molar-refractivity contribution in [3.8, 4) is 5.75 Å². The lowest BCUT2D eigenvalue weighted by molar-refractivity contribution is 0.449. The highest BCUT2D eigenvalue weighted by atomic mass is 16.3. The molecule has 0 heterocycles. The molecule has 0 spiro atoms. The van der Waals surface area contributed by atoms with Crippen LogP contribution in [0.5, 0.6) is 5.75 Å². The number of phenols is 1. The second-order valence-corrected chi connectivity index (χ2v) is 5.17. The van der Waals surface area contributed by atoms with Gasteiger partial charge in [0.15, 0.2) is 0 Å². The van der Waals surface area contributed by atoms with Gasteiger partial charge in [-0.25, -0.2) is 0 Å². The van der Waals surface area contributed by atoms with Gasteiger partial charge >= 0.3 is 0 Å². The molecular weight excluding hydrogens is 198 g/mol. The molecule has 1 aromatic rings. The van der Waals surface area contributed by atoms with Crippen LogP contribution in [0.1, 0.15) is 37.4 Å². The van der Waals surface area contributed by atoms with Gasteiger partial charge in [0.2, 0.25) is 0 Å². The Balaban J connectivity index is 1.94. The Hall–Kier alpha value is -1.02. The largest absolute Gasteiger partial charge is 0.508 e. The lowest BCUT2D eigenvalue weighted by atomic mass is 10.0. The van der Waals surface area contributed by atoms with E-state index < -0.39 is 0 Å². The molecule has 1 aliphatic carbocycles. The van der Waals surface area contributed by atoms with Crippen molar-refractivity contribution in [2.75, 3.05) is 6.54 Å². The average Bonchev–Trinajstić information content (AvgIpc) is 2.91. The molecule has 88 valence electrons. The maximum Gasteiger partial charge on any atom is 0.120 e. The number of aryl methyl sites for hydroxylation is 1. The molecule has 0 aliphatic heterocycles. The zero-order chi connectivity index (χ0) is 11.7. The lowest BCUT2D eigenvalue weighted by Crippen LogP contribution is -2.21. The summed E-state index contributed by atoms with van der Waals surface area (Å²) in [6.45, 7) is 7.46. The Bertz CT molecular complexity index is 375. The van der Waals surface area contributed by atoms with E-state index in [0.29, 0.717) is 5.75 Å². The quantitative estimate of drug-likeness (QED) is 0.816. The minimum absolute atomic E-state index is 0.230. The van der Waals surface area contributed by atoms with Crippen molar-refractivity contribution in [3.63, 3.8) is 0 Å². The van der Waals surface area contributed by atoms with Gasteiger partial charge in [-0.3, -0.25) is 0 Å². The van der Waals surface area contributed by atoms with Gasteiger partial charge in [0.05, 0.1) is 0 Å². The first-order valence-electron chi connectivity index (χ1n) is 6.11. The Morgan fingerprint density at radius 2 is 2.19 bits per heavy atom. The predicted octanol–water partition coefficient (Wildman–Crippen LogP) is 3.01. The van der Waals surface area contributed by atoms with Gasteiger partial charge in [-0.05, 0) is 50.3 Å². The van der Waals surface area contributed by atoms with E-state index in [1.807, 2.05) is 25.1 Å². The molecule has 2 nitrogen and oxygen atoms in total. The van der Waals surface area contributed by atoms with Crippen LogP contribution in [0.2, 0.25) is 0 Å². The van der Waals surface area contributed by atoms with Crippen LogP contribution in [0.4, 0.5) is 0 Å². The number of benzene rings is 1. The zero-order valence-electron chi connectivity index (χ0n) is 10.3. The maximum absolute atomic E-state index is 9.85. The van der Waals surface area contributed by atoms with E-state index >= 15 is 0 Å². The van der Waals surface area contributed by atoms with Crippen LogP contribution < -0.4 is 5.32 Å². The third kappa shape index (κ3) is 2.56. The number of aromatic hydroxyl groups is 1. The first-order chi connectivity index (χ1) is 7.58. The molecule has 2 N–H and O–H groups in total. The fourth-order valence-electron chi connectivity index (χ4n) is 2.14. The van der Waals surface area contributed by atoms with E-state index in [2.05, 4.69) is 19.2 Å². The topological polar surface area (TPSA) is 32.3 Å². The van der Waals surface area contributed by atoms with Crippen molar-refractivity contribution in [3.05, 3.63) is 29.3 Å². The first kappa shape index (κ1) is 11.5. The molecule has 2 heteroatoms. The van der Waals surface area contributed by atoms with Crippen molar-refractivity contribution in [1.82, 2.24) is 5.32 Å². The highest BCUT2D eigenvalue weighted by Gasteiger charge is 2.32. The fraction of sp³-hybridized carbons (Fsp3) is 0.571. The van der Waals surface area contributed by atoms with Gasteiger partial charge in [0, 0.05) is 11.6 Å². The summed E-state index contributed by atoms with van der Waals surface area (Å²) < 4.78 is 0. The summed E-state index contributed by atoms with van der Waals surface area (Å²) in [7, 11) is 0. The summed E-state index contributed by atoms with van der Waals surface area (Å²) in [5.41, 5.74) is 2.10. The molecule has 2 rings (SSSR count). The standard InChI is InChI=1S/C14H21NO/c1-9-4-5-13(14(16)6-9)11(3)15-8-12-7-10(12)2/h4-6,10-12,15-16H,7-8H2,1-3H3. The molecule has 0 saturated heterocycles. The van der Waals surface area contributed by atoms with Crippen LogP contribution in [-0.4, -0.2) is 11.7 Å². The Morgan fingerprint density at radius 1 is 1.50 bits per heavy atom. The van der Waals surface area contributed by atoms with Gasteiger partial charge < -0.3 is 10.4 Å². The highest BCUT2D eigenvalue weighted by Crippen LogP contribution is 2.37. The van der Waals surface area contributed by atoms with Crippen molar-refractivity contribution < 1.29 is 5.11 Å². The van der Waals surface area contributed by atoms with Crippen molar-refractivity contribution in [2.24, 2.45) is 11.8 Å². The van der Waals surface area contributed by atoms with Crippen LogP contribution in [0.15, 0.2) is 18.2 Å². The van der Waals surface area contributed by atoms with Crippen LogP contribution in [0, 0.1) is 18.8 Å². The minimum Gasteiger partial charge on any atom is -0.508 e. The zero-order valence-corrected chi connectivity index (χ0v) is 10.3. The van der Waals surface area contributed by atoms with E-state index in [9.17, 15) is 5.11 Å².